The van der Waals surface area contributed by atoms with Crippen LogP contribution in [-0.2, 0) is 0 Å². The molecule has 0 amide bonds. The average molecular weight is 340 g/mol. The van der Waals surface area contributed by atoms with Crippen molar-refractivity contribution in [1.29, 1.82) is 0 Å². The normalized spacial score (nSPS) is 12.1. The molecule has 2 aromatic rings. The van der Waals surface area contributed by atoms with Crippen LogP contribution in [0.4, 0.5) is 4.39 Å². The molecule has 0 fully saturated rings. The van der Waals surface area contributed by atoms with Crippen molar-refractivity contribution in [3.8, 4) is 11.5 Å². The highest BCUT2D eigenvalue weighted by Gasteiger charge is 2.16. The van der Waals surface area contributed by atoms with Crippen LogP contribution in [0, 0.1) is 5.82 Å². The van der Waals surface area contributed by atoms with Gasteiger partial charge in [0.05, 0.1) is 24.7 Å². The second-order valence-corrected chi connectivity index (χ2v) is 5.06. The minimum atomic E-state index is -0.482. The molecule has 3 nitrogen and oxygen atoms in total. The van der Waals surface area contributed by atoms with Crippen LogP contribution in [0.15, 0.2) is 40.9 Å². The third-order valence-corrected chi connectivity index (χ3v) is 3.89. The van der Waals surface area contributed by atoms with Gasteiger partial charge in [-0.1, -0.05) is 12.1 Å². The van der Waals surface area contributed by atoms with Gasteiger partial charge >= 0.3 is 0 Å². The van der Waals surface area contributed by atoms with Crippen LogP contribution in [0.2, 0.25) is 0 Å². The van der Waals surface area contributed by atoms with Crippen molar-refractivity contribution in [2.45, 2.75) is 6.04 Å². The van der Waals surface area contributed by atoms with E-state index in [4.69, 9.17) is 15.2 Å². The Balaban J connectivity index is 2.47. The first-order valence-corrected chi connectivity index (χ1v) is 6.78. The lowest BCUT2D eigenvalue weighted by atomic mass is 9.99. The number of hydrogen-bond acceptors (Lipinski definition) is 3. The minimum Gasteiger partial charge on any atom is -0.497 e. The fourth-order valence-corrected chi connectivity index (χ4v) is 2.46. The molecule has 0 saturated heterocycles. The maximum absolute atomic E-state index is 13.6. The number of nitrogens with two attached hydrogens (primary N) is 1. The molecule has 0 saturated carbocycles. The molecule has 2 aromatic carbocycles. The minimum absolute atomic E-state index is 0.340. The molecule has 1 unspecified atom stereocenters. The summed E-state index contributed by atoms with van der Waals surface area (Å²) in [6, 6.07) is 9.69. The third-order valence-electron chi connectivity index (χ3n) is 3.05. The Kier molecular flexibility index (Phi) is 4.62. The zero-order valence-corrected chi connectivity index (χ0v) is 12.8. The molecule has 0 radical (unpaired) electrons. The standard InChI is InChI=1S/C15H15BrFNO2/c1-19-10-6-9(7-11(8-10)20-2)15(18)12-4-3-5-13(17)14(12)16/h3-8,15H,18H2,1-2H3. The first kappa shape index (κ1) is 14.8. The summed E-state index contributed by atoms with van der Waals surface area (Å²) in [6.45, 7) is 0. The summed E-state index contributed by atoms with van der Waals surface area (Å²) in [5.41, 5.74) is 7.68. The van der Waals surface area contributed by atoms with E-state index in [2.05, 4.69) is 15.9 Å². The molecule has 5 heteroatoms. The van der Waals surface area contributed by atoms with Gasteiger partial charge in [0.2, 0.25) is 0 Å². The van der Waals surface area contributed by atoms with Crippen LogP contribution in [-0.4, -0.2) is 14.2 Å². The summed E-state index contributed by atoms with van der Waals surface area (Å²) in [5.74, 6) is 0.942. The van der Waals surface area contributed by atoms with Crippen LogP contribution >= 0.6 is 15.9 Å². The van der Waals surface area contributed by atoms with Gasteiger partial charge in [-0.2, -0.15) is 0 Å². The van der Waals surface area contributed by atoms with Crippen molar-refractivity contribution in [2.75, 3.05) is 14.2 Å². The summed E-state index contributed by atoms with van der Waals surface area (Å²) >= 11 is 3.23. The lowest BCUT2D eigenvalue weighted by molar-refractivity contribution is 0.393. The molecule has 2 rings (SSSR count). The number of halogens is 2. The monoisotopic (exact) mass is 339 g/mol. The third kappa shape index (κ3) is 2.94. The van der Waals surface area contributed by atoms with E-state index < -0.39 is 6.04 Å². The Morgan fingerprint density at radius 1 is 1.10 bits per heavy atom. The Labute approximate surface area is 125 Å². The summed E-state index contributed by atoms with van der Waals surface area (Å²) < 4.78 is 24.4. The molecule has 0 bridgehead atoms. The molecule has 0 aliphatic rings. The molecule has 0 aliphatic carbocycles. The molecular formula is C15H15BrFNO2. The van der Waals surface area contributed by atoms with Gasteiger partial charge in [-0.05, 0) is 45.3 Å². The Hall–Kier alpha value is -1.59. The highest BCUT2D eigenvalue weighted by atomic mass is 79.9. The number of rotatable bonds is 4. The highest BCUT2D eigenvalue weighted by molar-refractivity contribution is 9.10. The lowest BCUT2D eigenvalue weighted by Gasteiger charge is -2.16. The van der Waals surface area contributed by atoms with Crippen LogP contribution < -0.4 is 15.2 Å². The molecule has 0 aromatic heterocycles. The average Bonchev–Trinajstić information content (AvgIpc) is 2.48. The molecule has 106 valence electrons. The van der Waals surface area contributed by atoms with Crippen LogP contribution in [0.25, 0.3) is 0 Å². The van der Waals surface area contributed by atoms with Crippen molar-refractivity contribution < 1.29 is 13.9 Å². The smallest absolute Gasteiger partial charge is 0.137 e. The van der Waals surface area contributed by atoms with Gasteiger partial charge in [0, 0.05) is 6.07 Å². The zero-order valence-electron chi connectivity index (χ0n) is 11.2. The van der Waals surface area contributed by atoms with Gasteiger partial charge in [-0.3, -0.25) is 0 Å². The molecule has 2 N–H and O–H groups in total. The van der Waals surface area contributed by atoms with Crippen LogP contribution in [0.3, 0.4) is 0 Å². The van der Waals surface area contributed by atoms with Gasteiger partial charge in [-0.25, -0.2) is 4.39 Å². The molecule has 0 aliphatic heterocycles. The predicted octanol–water partition coefficient (Wildman–Crippen LogP) is 3.65. The summed E-state index contributed by atoms with van der Waals surface area (Å²) in [6.07, 6.45) is 0. The quantitative estimate of drug-likeness (QED) is 0.924. The van der Waals surface area contributed by atoms with E-state index in [0.29, 0.717) is 21.5 Å². The van der Waals surface area contributed by atoms with Crippen molar-refractivity contribution in [3.63, 3.8) is 0 Å². The predicted molar refractivity (Wildman–Crippen MR) is 79.7 cm³/mol. The van der Waals surface area contributed by atoms with Gasteiger partial charge in [0.15, 0.2) is 0 Å². The zero-order chi connectivity index (χ0) is 14.7. The first-order valence-electron chi connectivity index (χ1n) is 5.99. The van der Waals surface area contributed by atoms with Crippen molar-refractivity contribution in [1.82, 2.24) is 0 Å². The van der Waals surface area contributed by atoms with Crippen molar-refractivity contribution >= 4 is 15.9 Å². The lowest BCUT2D eigenvalue weighted by Crippen LogP contribution is -2.13. The largest absolute Gasteiger partial charge is 0.497 e. The topological polar surface area (TPSA) is 44.5 Å². The molecule has 20 heavy (non-hydrogen) atoms. The van der Waals surface area contributed by atoms with E-state index in [0.717, 1.165) is 5.56 Å². The van der Waals surface area contributed by atoms with Gasteiger partial charge in [-0.15, -0.1) is 0 Å². The van der Waals surface area contributed by atoms with E-state index in [9.17, 15) is 4.39 Å². The molecule has 1 atom stereocenters. The van der Waals surface area contributed by atoms with E-state index in [1.54, 1.807) is 32.4 Å². The van der Waals surface area contributed by atoms with E-state index in [1.165, 1.54) is 6.07 Å². The van der Waals surface area contributed by atoms with Gasteiger partial charge in [0.1, 0.15) is 17.3 Å². The fraction of sp³-hybridized carbons (Fsp3) is 0.200. The first-order chi connectivity index (χ1) is 9.56. The van der Waals surface area contributed by atoms with E-state index in [1.807, 2.05) is 12.1 Å². The van der Waals surface area contributed by atoms with Crippen LogP contribution in [0.5, 0.6) is 11.5 Å². The highest BCUT2D eigenvalue weighted by Crippen LogP contribution is 2.32. The number of methoxy groups -OCH3 is 2. The number of benzene rings is 2. The second-order valence-electron chi connectivity index (χ2n) is 4.27. The van der Waals surface area contributed by atoms with E-state index in [-0.39, 0.29) is 5.82 Å². The van der Waals surface area contributed by atoms with Gasteiger partial charge in [0.25, 0.3) is 0 Å². The molecule has 0 spiro atoms. The Morgan fingerprint density at radius 3 is 2.25 bits per heavy atom. The summed E-state index contributed by atoms with van der Waals surface area (Å²) in [4.78, 5) is 0. The molecular weight excluding hydrogens is 325 g/mol. The SMILES string of the molecule is COc1cc(OC)cc(C(N)c2cccc(F)c2Br)c1. The Morgan fingerprint density at radius 2 is 1.70 bits per heavy atom. The molecule has 0 heterocycles. The maximum atomic E-state index is 13.6. The Bertz CT molecular complexity index is 597. The van der Waals surface area contributed by atoms with E-state index >= 15 is 0 Å². The van der Waals surface area contributed by atoms with Crippen molar-refractivity contribution in [3.05, 3.63) is 57.8 Å². The fourth-order valence-electron chi connectivity index (χ4n) is 1.95. The summed E-state index contributed by atoms with van der Waals surface area (Å²) in [7, 11) is 3.14. The second kappa shape index (κ2) is 6.24. The van der Waals surface area contributed by atoms with Crippen molar-refractivity contribution in [2.24, 2.45) is 5.73 Å². The number of hydrogen-bond donors (Lipinski definition) is 1. The number of ether oxygens (including phenoxy) is 2. The van der Waals surface area contributed by atoms with Gasteiger partial charge < -0.3 is 15.2 Å². The maximum Gasteiger partial charge on any atom is 0.137 e. The van der Waals surface area contributed by atoms with Crippen LogP contribution in [0.1, 0.15) is 17.2 Å². The summed E-state index contributed by atoms with van der Waals surface area (Å²) in [5, 5.41) is 0.